The molecule has 3 aliphatic rings. The van der Waals surface area contributed by atoms with Crippen LogP contribution in [-0.4, -0.2) is 42.8 Å². The molecule has 148 valence electrons. The van der Waals surface area contributed by atoms with Crippen molar-refractivity contribution in [1.82, 2.24) is 5.32 Å². The Labute approximate surface area is 153 Å². The molecule has 0 atom stereocenters. The standard InChI is InChI=1S/C18H20F3NO5/c19-18(20,21)17(8-25-9-17)22-16(6-2-1-3-7-16)13-11(15(23)24)4-5-12-14(13)27-10-26-12/h4-5,22H,1-3,6-10H2,(H,23,24). The van der Waals surface area contributed by atoms with E-state index in [-0.39, 0.29) is 23.7 Å². The number of carbonyl (C=O) groups is 1. The summed E-state index contributed by atoms with van der Waals surface area (Å²) >= 11 is 0. The van der Waals surface area contributed by atoms with Gasteiger partial charge in [0.25, 0.3) is 0 Å². The molecule has 4 rings (SSSR count). The Morgan fingerprint density at radius 3 is 2.37 bits per heavy atom. The van der Waals surface area contributed by atoms with Crippen LogP contribution in [-0.2, 0) is 10.3 Å². The number of hydrogen-bond donors (Lipinski definition) is 2. The van der Waals surface area contributed by atoms with Crippen LogP contribution in [0.1, 0.15) is 48.0 Å². The number of rotatable bonds is 4. The molecule has 1 aromatic carbocycles. The van der Waals surface area contributed by atoms with Crippen molar-refractivity contribution >= 4 is 5.97 Å². The molecule has 0 bridgehead atoms. The van der Waals surface area contributed by atoms with Gasteiger partial charge in [0.2, 0.25) is 6.79 Å². The van der Waals surface area contributed by atoms with E-state index in [0.29, 0.717) is 31.4 Å². The summed E-state index contributed by atoms with van der Waals surface area (Å²) in [6.07, 6.45) is -1.51. The zero-order valence-corrected chi connectivity index (χ0v) is 14.5. The second-order valence-electron chi connectivity index (χ2n) is 7.37. The van der Waals surface area contributed by atoms with Gasteiger partial charge in [-0.15, -0.1) is 0 Å². The van der Waals surface area contributed by atoms with Crippen molar-refractivity contribution < 1.29 is 37.3 Å². The lowest BCUT2D eigenvalue weighted by atomic mass is 9.72. The molecular weight excluding hydrogens is 367 g/mol. The molecule has 27 heavy (non-hydrogen) atoms. The van der Waals surface area contributed by atoms with Crippen LogP contribution in [0.2, 0.25) is 0 Å². The fraction of sp³-hybridized carbons (Fsp3) is 0.611. The van der Waals surface area contributed by atoms with Crippen molar-refractivity contribution in [1.29, 1.82) is 0 Å². The number of carboxylic acids is 1. The van der Waals surface area contributed by atoms with Gasteiger partial charge in [-0.3, -0.25) is 5.32 Å². The molecule has 2 heterocycles. The molecule has 2 fully saturated rings. The number of nitrogens with one attached hydrogen (secondary N) is 1. The van der Waals surface area contributed by atoms with Gasteiger partial charge >= 0.3 is 12.1 Å². The largest absolute Gasteiger partial charge is 0.478 e. The minimum absolute atomic E-state index is 0.0637. The minimum Gasteiger partial charge on any atom is -0.478 e. The summed E-state index contributed by atoms with van der Waals surface area (Å²) in [6.45, 7) is -1.07. The number of halogens is 3. The third-order valence-corrected chi connectivity index (χ3v) is 5.67. The molecule has 1 saturated carbocycles. The smallest absolute Gasteiger partial charge is 0.411 e. The van der Waals surface area contributed by atoms with Gasteiger partial charge in [-0.25, -0.2) is 4.79 Å². The molecule has 0 aromatic heterocycles. The maximum Gasteiger partial charge on any atom is 0.411 e. The first-order valence-electron chi connectivity index (χ1n) is 8.88. The van der Waals surface area contributed by atoms with Gasteiger partial charge in [0.05, 0.1) is 18.8 Å². The Kier molecular flexibility index (Phi) is 4.27. The molecule has 0 unspecified atom stereocenters. The van der Waals surface area contributed by atoms with Crippen molar-refractivity contribution in [2.45, 2.75) is 49.4 Å². The lowest BCUT2D eigenvalue weighted by molar-refractivity contribution is -0.275. The van der Waals surface area contributed by atoms with E-state index in [1.54, 1.807) is 0 Å². The fourth-order valence-electron chi connectivity index (χ4n) is 4.29. The Morgan fingerprint density at radius 1 is 1.11 bits per heavy atom. The van der Waals surface area contributed by atoms with E-state index >= 15 is 0 Å². The Balaban J connectivity index is 1.87. The number of carboxylic acid groups (broad SMARTS) is 1. The van der Waals surface area contributed by atoms with E-state index < -0.39 is 36.4 Å². The van der Waals surface area contributed by atoms with Gasteiger partial charge in [-0.05, 0) is 25.0 Å². The Hall–Kier alpha value is -2.00. The molecule has 1 saturated heterocycles. The number of hydrogen-bond acceptors (Lipinski definition) is 5. The summed E-state index contributed by atoms with van der Waals surface area (Å²) in [4.78, 5) is 11.9. The average Bonchev–Trinajstić information content (AvgIpc) is 3.05. The van der Waals surface area contributed by atoms with Gasteiger partial charge in [0.1, 0.15) is 0 Å². The van der Waals surface area contributed by atoms with Crippen LogP contribution >= 0.6 is 0 Å². The molecule has 2 aliphatic heterocycles. The molecule has 0 spiro atoms. The highest BCUT2D eigenvalue weighted by Crippen LogP contribution is 2.51. The monoisotopic (exact) mass is 387 g/mol. The molecule has 1 aromatic rings. The van der Waals surface area contributed by atoms with Crippen LogP contribution in [0.15, 0.2) is 12.1 Å². The van der Waals surface area contributed by atoms with Crippen molar-refractivity contribution in [2.24, 2.45) is 0 Å². The van der Waals surface area contributed by atoms with E-state index in [4.69, 9.17) is 14.2 Å². The highest BCUT2D eigenvalue weighted by atomic mass is 19.4. The molecule has 0 amide bonds. The first-order chi connectivity index (χ1) is 12.8. The fourth-order valence-corrected chi connectivity index (χ4v) is 4.29. The normalized spacial score (nSPS) is 22.9. The molecule has 0 radical (unpaired) electrons. The topological polar surface area (TPSA) is 77.0 Å². The number of ether oxygens (including phenoxy) is 3. The summed E-state index contributed by atoms with van der Waals surface area (Å²) in [6, 6.07) is 2.86. The van der Waals surface area contributed by atoms with Crippen molar-refractivity contribution in [3.8, 4) is 11.5 Å². The lowest BCUT2D eigenvalue weighted by Crippen LogP contribution is -2.73. The highest BCUT2D eigenvalue weighted by Gasteiger charge is 2.63. The first kappa shape index (κ1) is 18.4. The lowest BCUT2D eigenvalue weighted by Gasteiger charge is -2.51. The van der Waals surface area contributed by atoms with E-state index in [0.717, 1.165) is 6.42 Å². The van der Waals surface area contributed by atoms with E-state index in [1.165, 1.54) is 12.1 Å². The first-order valence-corrected chi connectivity index (χ1v) is 8.88. The summed E-state index contributed by atoms with van der Waals surface area (Å²) in [5, 5.41) is 12.5. The Morgan fingerprint density at radius 2 is 1.81 bits per heavy atom. The molecular formula is C18H20F3NO5. The minimum atomic E-state index is -4.52. The SMILES string of the molecule is O=C(O)c1ccc2c(c1C1(NC3(C(F)(F)F)COC3)CCCCC1)OCO2. The van der Waals surface area contributed by atoms with Crippen LogP contribution in [0.25, 0.3) is 0 Å². The molecule has 9 heteroatoms. The number of fused-ring (bicyclic) bond motifs is 1. The average molecular weight is 387 g/mol. The predicted octanol–water partition coefficient (Wildman–Crippen LogP) is 3.19. The van der Waals surface area contributed by atoms with Gasteiger partial charge in [-0.1, -0.05) is 19.3 Å². The highest BCUT2D eigenvalue weighted by molar-refractivity contribution is 5.91. The van der Waals surface area contributed by atoms with Gasteiger partial charge < -0.3 is 19.3 Å². The van der Waals surface area contributed by atoms with Gasteiger partial charge in [0, 0.05) is 11.1 Å². The van der Waals surface area contributed by atoms with Crippen LogP contribution < -0.4 is 14.8 Å². The van der Waals surface area contributed by atoms with Gasteiger partial charge in [0.15, 0.2) is 17.0 Å². The maximum absolute atomic E-state index is 13.8. The van der Waals surface area contributed by atoms with Crippen molar-refractivity contribution in [2.75, 3.05) is 20.0 Å². The third kappa shape index (κ3) is 2.84. The van der Waals surface area contributed by atoms with E-state index in [1.807, 2.05) is 0 Å². The second-order valence-corrected chi connectivity index (χ2v) is 7.37. The number of alkyl halides is 3. The summed E-state index contributed by atoms with van der Waals surface area (Å²) in [5.41, 5.74) is -3.18. The quantitative estimate of drug-likeness (QED) is 0.826. The summed E-state index contributed by atoms with van der Waals surface area (Å²) in [7, 11) is 0. The second kappa shape index (κ2) is 6.27. The van der Waals surface area contributed by atoms with Crippen LogP contribution in [0, 0.1) is 0 Å². The molecule has 6 nitrogen and oxygen atoms in total. The van der Waals surface area contributed by atoms with Crippen molar-refractivity contribution in [3.63, 3.8) is 0 Å². The van der Waals surface area contributed by atoms with E-state index in [9.17, 15) is 23.1 Å². The molecule has 1 aliphatic carbocycles. The van der Waals surface area contributed by atoms with Crippen LogP contribution in [0.4, 0.5) is 13.2 Å². The van der Waals surface area contributed by atoms with Crippen LogP contribution in [0.3, 0.4) is 0 Å². The van der Waals surface area contributed by atoms with Crippen molar-refractivity contribution in [3.05, 3.63) is 23.3 Å². The zero-order chi connectivity index (χ0) is 19.3. The van der Waals surface area contributed by atoms with E-state index in [2.05, 4.69) is 5.32 Å². The third-order valence-electron chi connectivity index (χ3n) is 5.67. The predicted molar refractivity (Wildman–Crippen MR) is 87.0 cm³/mol. The molecule has 2 N–H and O–H groups in total. The number of aromatic carboxylic acids is 1. The van der Waals surface area contributed by atoms with Gasteiger partial charge in [-0.2, -0.15) is 13.2 Å². The maximum atomic E-state index is 13.8. The van der Waals surface area contributed by atoms with Crippen LogP contribution in [0.5, 0.6) is 11.5 Å². The zero-order valence-electron chi connectivity index (χ0n) is 14.5. The summed E-state index contributed by atoms with van der Waals surface area (Å²) in [5.74, 6) is -0.629. The summed E-state index contributed by atoms with van der Waals surface area (Å²) < 4.78 is 57.2. The number of benzene rings is 1. The Bertz CT molecular complexity index is 754.